The minimum absolute atomic E-state index is 0.221. The van der Waals surface area contributed by atoms with E-state index in [4.69, 9.17) is 0 Å². The zero-order valence-electron chi connectivity index (χ0n) is 8.74. The number of rotatable bonds is 5. The topological polar surface area (TPSA) is 20.2 Å². The highest BCUT2D eigenvalue weighted by Gasteiger charge is 2.05. The fourth-order valence-corrected chi connectivity index (χ4v) is 1.51. The minimum atomic E-state index is -0.221. The molecule has 0 aliphatic heterocycles. The lowest BCUT2D eigenvalue weighted by atomic mass is 9.98. The Morgan fingerprint density at radius 1 is 1.36 bits per heavy atom. The van der Waals surface area contributed by atoms with Crippen molar-refractivity contribution in [1.29, 1.82) is 0 Å². The van der Waals surface area contributed by atoms with E-state index in [1.807, 2.05) is 25.1 Å². The summed E-state index contributed by atoms with van der Waals surface area (Å²) in [6, 6.07) is 8.22. The molecular weight excluding hydrogens is 172 g/mol. The standard InChI is InChI=1S/C13H18O/c1-3-7-11-8-5-6-9-12(11)10-13(14)4-2/h3,5-6,8-9,13-14H,1,4,7,10H2,2H3. The van der Waals surface area contributed by atoms with Gasteiger partial charge in [0.25, 0.3) is 0 Å². The molecule has 0 saturated carbocycles. The number of aliphatic hydroxyl groups is 1. The van der Waals surface area contributed by atoms with Crippen molar-refractivity contribution in [2.45, 2.75) is 32.3 Å². The first kappa shape index (κ1) is 11.0. The van der Waals surface area contributed by atoms with E-state index in [-0.39, 0.29) is 6.10 Å². The van der Waals surface area contributed by atoms with E-state index >= 15 is 0 Å². The Hall–Kier alpha value is -1.08. The van der Waals surface area contributed by atoms with Crippen molar-refractivity contribution in [2.75, 3.05) is 0 Å². The summed E-state index contributed by atoms with van der Waals surface area (Å²) in [4.78, 5) is 0. The van der Waals surface area contributed by atoms with Gasteiger partial charge in [0, 0.05) is 0 Å². The summed E-state index contributed by atoms with van der Waals surface area (Å²) in [5.74, 6) is 0. The first-order chi connectivity index (χ1) is 6.77. The maximum Gasteiger partial charge on any atom is 0.0578 e. The third-order valence-corrected chi connectivity index (χ3v) is 2.41. The number of aliphatic hydroxyl groups excluding tert-OH is 1. The Labute approximate surface area is 86.1 Å². The van der Waals surface area contributed by atoms with Crippen LogP contribution in [0, 0.1) is 0 Å². The summed E-state index contributed by atoms with van der Waals surface area (Å²) < 4.78 is 0. The molecule has 0 fully saturated rings. The lowest BCUT2D eigenvalue weighted by Crippen LogP contribution is -2.09. The van der Waals surface area contributed by atoms with E-state index in [2.05, 4.69) is 18.7 Å². The average Bonchev–Trinajstić information content (AvgIpc) is 2.21. The van der Waals surface area contributed by atoms with Crippen LogP contribution in [0.4, 0.5) is 0 Å². The smallest absolute Gasteiger partial charge is 0.0578 e. The van der Waals surface area contributed by atoms with Gasteiger partial charge in [-0.3, -0.25) is 0 Å². The Bertz CT molecular complexity index is 291. The minimum Gasteiger partial charge on any atom is -0.393 e. The van der Waals surface area contributed by atoms with Gasteiger partial charge in [-0.2, -0.15) is 0 Å². The normalized spacial score (nSPS) is 12.4. The van der Waals surface area contributed by atoms with E-state index in [1.165, 1.54) is 11.1 Å². The summed E-state index contributed by atoms with van der Waals surface area (Å²) in [6.45, 7) is 5.73. The van der Waals surface area contributed by atoms with Crippen LogP contribution in [0.25, 0.3) is 0 Å². The van der Waals surface area contributed by atoms with Crippen LogP contribution in [0.3, 0.4) is 0 Å². The van der Waals surface area contributed by atoms with Crippen molar-refractivity contribution in [1.82, 2.24) is 0 Å². The van der Waals surface area contributed by atoms with Gasteiger partial charge in [0.15, 0.2) is 0 Å². The largest absolute Gasteiger partial charge is 0.393 e. The molecule has 1 unspecified atom stereocenters. The third-order valence-electron chi connectivity index (χ3n) is 2.41. The van der Waals surface area contributed by atoms with Crippen LogP contribution >= 0.6 is 0 Å². The van der Waals surface area contributed by atoms with Crippen LogP contribution in [0.5, 0.6) is 0 Å². The highest BCUT2D eigenvalue weighted by Crippen LogP contribution is 2.13. The van der Waals surface area contributed by atoms with Gasteiger partial charge in [0.1, 0.15) is 0 Å². The monoisotopic (exact) mass is 190 g/mol. The number of hydrogen-bond acceptors (Lipinski definition) is 1. The summed E-state index contributed by atoms with van der Waals surface area (Å²) in [6.07, 6.45) is 4.12. The molecular formula is C13H18O. The van der Waals surface area contributed by atoms with Crippen molar-refractivity contribution >= 4 is 0 Å². The van der Waals surface area contributed by atoms with Crippen molar-refractivity contribution < 1.29 is 5.11 Å². The highest BCUT2D eigenvalue weighted by atomic mass is 16.3. The maximum absolute atomic E-state index is 9.58. The molecule has 1 N–H and O–H groups in total. The molecule has 1 aromatic rings. The Morgan fingerprint density at radius 3 is 2.57 bits per heavy atom. The summed E-state index contributed by atoms with van der Waals surface area (Å²) in [5, 5.41) is 9.58. The molecule has 76 valence electrons. The zero-order chi connectivity index (χ0) is 10.4. The average molecular weight is 190 g/mol. The Kier molecular flexibility index (Phi) is 4.41. The zero-order valence-corrected chi connectivity index (χ0v) is 8.74. The van der Waals surface area contributed by atoms with E-state index in [0.717, 1.165) is 19.3 Å². The van der Waals surface area contributed by atoms with E-state index < -0.39 is 0 Å². The molecule has 0 amide bonds. The van der Waals surface area contributed by atoms with E-state index in [1.54, 1.807) is 0 Å². The molecule has 0 aliphatic carbocycles. The molecule has 0 aromatic heterocycles. The first-order valence-corrected chi connectivity index (χ1v) is 5.13. The predicted octanol–water partition coefficient (Wildman–Crippen LogP) is 2.73. The molecule has 1 atom stereocenters. The van der Waals surface area contributed by atoms with Gasteiger partial charge in [-0.05, 0) is 30.4 Å². The number of hydrogen-bond donors (Lipinski definition) is 1. The van der Waals surface area contributed by atoms with Crippen LogP contribution in [0.15, 0.2) is 36.9 Å². The number of benzene rings is 1. The third kappa shape index (κ3) is 3.00. The van der Waals surface area contributed by atoms with Gasteiger partial charge >= 0.3 is 0 Å². The highest BCUT2D eigenvalue weighted by molar-refractivity contribution is 5.29. The first-order valence-electron chi connectivity index (χ1n) is 5.13. The van der Waals surface area contributed by atoms with E-state index in [9.17, 15) is 5.11 Å². The fraction of sp³-hybridized carbons (Fsp3) is 0.385. The molecule has 14 heavy (non-hydrogen) atoms. The Morgan fingerprint density at radius 2 is 2.00 bits per heavy atom. The second-order valence-electron chi connectivity index (χ2n) is 3.53. The molecule has 0 bridgehead atoms. The lowest BCUT2D eigenvalue weighted by molar-refractivity contribution is 0.170. The van der Waals surface area contributed by atoms with E-state index in [0.29, 0.717) is 0 Å². The molecule has 1 nitrogen and oxygen atoms in total. The van der Waals surface area contributed by atoms with Crippen LogP contribution < -0.4 is 0 Å². The van der Waals surface area contributed by atoms with Crippen molar-refractivity contribution in [3.63, 3.8) is 0 Å². The van der Waals surface area contributed by atoms with Crippen LogP contribution in [0.2, 0.25) is 0 Å². The molecule has 0 saturated heterocycles. The SMILES string of the molecule is C=CCc1ccccc1CC(O)CC. The van der Waals surface area contributed by atoms with Gasteiger partial charge in [-0.1, -0.05) is 37.3 Å². The molecule has 0 spiro atoms. The Balaban J connectivity index is 2.78. The fourth-order valence-electron chi connectivity index (χ4n) is 1.51. The van der Waals surface area contributed by atoms with Gasteiger partial charge in [0.2, 0.25) is 0 Å². The summed E-state index contributed by atoms with van der Waals surface area (Å²) >= 11 is 0. The van der Waals surface area contributed by atoms with Gasteiger partial charge < -0.3 is 5.11 Å². The summed E-state index contributed by atoms with van der Waals surface area (Å²) in [7, 11) is 0. The molecule has 1 heteroatoms. The molecule has 1 aromatic carbocycles. The van der Waals surface area contributed by atoms with Crippen molar-refractivity contribution in [3.8, 4) is 0 Å². The summed E-state index contributed by atoms with van der Waals surface area (Å²) in [5.41, 5.74) is 2.51. The maximum atomic E-state index is 9.58. The van der Waals surface area contributed by atoms with Crippen LogP contribution in [0.1, 0.15) is 24.5 Å². The molecule has 0 aliphatic rings. The van der Waals surface area contributed by atoms with Gasteiger partial charge in [0.05, 0.1) is 6.10 Å². The molecule has 0 heterocycles. The van der Waals surface area contributed by atoms with Crippen LogP contribution in [-0.4, -0.2) is 11.2 Å². The van der Waals surface area contributed by atoms with Crippen molar-refractivity contribution in [2.24, 2.45) is 0 Å². The van der Waals surface area contributed by atoms with Gasteiger partial charge in [-0.25, -0.2) is 0 Å². The van der Waals surface area contributed by atoms with Gasteiger partial charge in [-0.15, -0.1) is 6.58 Å². The lowest BCUT2D eigenvalue weighted by Gasteiger charge is -2.11. The van der Waals surface area contributed by atoms with Crippen molar-refractivity contribution in [3.05, 3.63) is 48.0 Å². The second-order valence-corrected chi connectivity index (χ2v) is 3.53. The second kappa shape index (κ2) is 5.61. The molecule has 0 radical (unpaired) electrons. The van der Waals surface area contributed by atoms with Crippen LogP contribution in [-0.2, 0) is 12.8 Å². The predicted molar refractivity (Wildman–Crippen MR) is 60.3 cm³/mol. The quantitative estimate of drug-likeness (QED) is 0.708. The number of allylic oxidation sites excluding steroid dienone is 1. The molecule has 1 rings (SSSR count).